The van der Waals surface area contributed by atoms with Gasteiger partial charge in [-0.1, -0.05) is 0 Å². The quantitative estimate of drug-likeness (QED) is 0.890. The van der Waals surface area contributed by atoms with Gasteiger partial charge in [-0.2, -0.15) is 0 Å². The number of pyridine rings is 1. The van der Waals surface area contributed by atoms with Gasteiger partial charge in [-0.25, -0.2) is 4.39 Å². The van der Waals surface area contributed by atoms with Crippen molar-refractivity contribution in [3.63, 3.8) is 0 Å². The number of carboxylic acid groups (broad SMARTS) is 1. The summed E-state index contributed by atoms with van der Waals surface area (Å²) in [5.74, 6) is -2.24. The molecule has 1 N–H and O–H groups in total. The highest BCUT2D eigenvalue weighted by molar-refractivity contribution is 5.93. The van der Waals surface area contributed by atoms with Crippen LogP contribution in [0.1, 0.15) is 36.5 Å². The zero-order chi connectivity index (χ0) is 17.7. The van der Waals surface area contributed by atoms with Crippen LogP contribution in [0.15, 0.2) is 18.5 Å². The van der Waals surface area contributed by atoms with Gasteiger partial charge in [0.2, 0.25) is 5.91 Å². The Labute approximate surface area is 139 Å². The van der Waals surface area contributed by atoms with E-state index < -0.39 is 11.8 Å². The van der Waals surface area contributed by atoms with Gasteiger partial charge in [0.25, 0.3) is 5.91 Å². The van der Waals surface area contributed by atoms with E-state index in [0.717, 1.165) is 12.3 Å². The first kappa shape index (κ1) is 17.8. The summed E-state index contributed by atoms with van der Waals surface area (Å²) in [6.45, 7) is 1.85. The summed E-state index contributed by atoms with van der Waals surface area (Å²) in [6.07, 6.45) is 4.11. The summed E-state index contributed by atoms with van der Waals surface area (Å²) in [5, 5.41) is 8.95. The minimum atomic E-state index is -1.06. The number of hydrogen-bond donors (Lipinski definition) is 1. The number of rotatable bonds is 4. The molecular formula is C16H20FN3O4. The Hall–Kier alpha value is -2.51. The van der Waals surface area contributed by atoms with E-state index >= 15 is 0 Å². The van der Waals surface area contributed by atoms with E-state index in [9.17, 15) is 18.8 Å². The molecule has 0 bridgehead atoms. The van der Waals surface area contributed by atoms with E-state index in [2.05, 4.69) is 4.98 Å². The molecule has 130 valence electrons. The predicted molar refractivity (Wildman–Crippen MR) is 82.8 cm³/mol. The van der Waals surface area contributed by atoms with Gasteiger partial charge in [0.05, 0.1) is 11.8 Å². The Balaban J connectivity index is 2.05. The summed E-state index contributed by atoms with van der Waals surface area (Å²) >= 11 is 0. The molecule has 2 amide bonds. The highest BCUT2D eigenvalue weighted by Gasteiger charge is 2.28. The van der Waals surface area contributed by atoms with Crippen LogP contribution in [0.5, 0.6) is 0 Å². The van der Waals surface area contributed by atoms with Crippen molar-refractivity contribution in [2.45, 2.75) is 32.2 Å². The molecule has 1 aliphatic rings. The zero-order valence-electron chi connectivity index (χ0n) is 13.4. The fourth-order valence-electron chi connectivity index (χ4n) is 2.95. The van der Waals surface area contributed by atoms with Crippen LogP contribution in [0.2, 0.25) is 0 Å². The van der Waals surface area contributed by atoms with E-state index in [1.165, 1.54) is 18.0 Å². The zero-order valence-corrected chi connectivity index (χ0v) is 13.4. The van der Waals surface area contributed by atoms with Crippen molar-refractivity contribution in [3.05, 3.63) is 29.8 Å². The number of carbonyl (C=O) groups excluding carboxylic acids is 2. The average Bonchev–Trinajstić information content (AvgIpc) is 2.77. The van der Waals surface area contributed by atoms with Gasteiger partial charge in [0.1, 0.15) is 12.4 Å². The molecule has 0 aromatic carbocycles. The van der Waals surface area contributed by atoms with Gasteiger partial charge in [0, 0.05) is 32.3 Å². The highest BCUT2D eigenvalue weighted by Crippen LogP contribution is 2.19. The summed E-state index contributed by atoms with van der Waals surface area (Å²) in [5.41, 5.74) is 0.183. The van der Waals surface area contributed by atoms with Gasteiger partial charge >= 0.3 is 5.97 Å². The smallest absolute Gasteiger partial charge is 0.323 e. The second kappa shape index (κ2) is 7.85. The fourth-order valence-corrected chi connectivity index (χ4v) is 2.95. The Bertz CT molecular complexity index is 638. The SMILES string of the molecule is CC(=O)N(CC(=O)O)[C@H]1CCCN(C(=O)c2cncc(F)c2)CC1. The van der Waals surface area contributed by atoms with Crippen molar-refractivity contribution in [1.82, 2.24) is 14.8 Å². The van der Waals surface area contributed by atoms with Crippen molar-refractivity contribution >= 4 is 17.8 Å². The number of aromatic nitrogens is 1. The number of likely N-dealkylation sites (tertiary alicyclic amines) is 1. The predicted octanol–water partition coefficient (Wildman–Crippen LogP) is 1.15. The van der Waals surface area contributed by atoms with E-state index in [1.807, 2.05) is 0 Å². The fraction of sp³-hybridized carbons (Fsp3) is 0.500. The molecule has 0 radical (unpaired) electrons. The van der Waals surface area contributed by atoms with E-state index in [-0.39, 0.29) is 30.0 Å². The molecule has 1 saturated heterocycles. The number of hydrogen-bond acceptors (Lipinski definition) is 4. The molecule has 1 fully saturated rings. The third kappa shape index (κ3) is 4.50. The Kier molecular flexibility index (Phi) is 5.83. The first-order valence-electron chi connectivity index (χ1n) is 7.77. The standard InChI is InChI=1S/C16H20FN3O4/c1-11(21)20(10-15(22)23)14-3-2-5-19(6-4-14)16(24)12-7-13(17)9-18-8-12/h7-9,14H,2-6,10H2,1H3,(H,22,23)/t14-/m0/s1. The van der Waals surface area contributed by atoms with Crippen molar-refractivity contribution in [2.75, 3.05) is 19.6 Å². The molecule has 0 unspecified atom stereocenters. The average molecular weight is 337 g/mol. The Morgan fingerprint density at radius 3 is 2.71 bits per heavy atom. The van der Waals surface area contributed by atoms with Crippen LogP contribution in [0, 0.1) is 5.82 Å². The van der Waals surface area contributed by atoms with E-state index in [4.69, 9.17) is 5.11 Å². The maximum Gasteiger partial charge on any atom is 0.323 e. The molecule has 1 atom stereocenters. The third-order valence-corrected chi connectivity index (χ3v) is 4.09. The van der Waals surface area contributed by atoms with E-state index in [0.29, 0.717) is 32.4 Å². The van der Waals surface area contributed by atoms with Crippen molar-refractivity contribution in [2.24, 2.45) is 0 Å². The monoisotopic (exact) mass is 337 g/mol. The van der Waals surface area contributed by atoms with Crippen LogP contribution in [-0.2, 0) is 9.59 Å². The number of carbonyl (C=O) groups is 3. The summed E-state index contributed by atoms with van der Waals surface area (Å²) in [6, 6.07) is 0.923. The van der Waals surface area contributed by atoms with Gasteiger partial charge in [0.15, 0.2) is 0 Å². The molecule has 2 heterocycles. The van der Waals surface area contributed by atoms with Gasteiger partial charge < -0.3 is 14.9 Å². The van der Waals surface area contributed by atoms with Crippen molar-refractivity contribution in [3.8, 4) is 0 Å². The van der Waals surface area contributed by atoms with Crippen LogP contribution in [-0.4, -0.2) is 63.4 Å². The number of nitrogens with zero attached hydrogens (tertiary/aromatic N) is 3. The molecule has 2 rings (SSSR count). The van der Waals surface area contributed by atoms with E-state index in [1.54, 1.807) is 4.90 Å². The lowest BCUT2D eigenvalue weighted by Gasteiger charge is -2.28. The third-order valence-electron chi connectivity index (χ3n) is 4.09. The number of amides is 2. The molecule has 24 heavy (non-hydrogen) atoms. The second-order valence-electron chi connectivity index (χ2n) is 5.81. The second-order valence-corrected chi connectivity index (χ2v) is 5.81. The molecule has 1 aromatic rings. The minimum Gasteiger partial charge on any atom is -0.480 e. The minimum absolute atomic E-state index is 0.183. The molecule has 8 heteroatoms. The lowest BCUT2D eigenvalue weighted by atomic mass is 10.1. The molecule has 0 saturated carbocycles. The van der Waals surface area contributed by atoms with Crippen molar-refractivity contribution < 1.29 is 23.9 Å². The largest absolute Gasteiger partial charge is 0.480 e. The van der Waals surface area contributed by atoms with Crippen LogP contribution in [0.3, 0.4) is 0 Å². The Morgan fingerprint density at radius 2 is 2.08 bits per heavy atom. The topological polar surface area (TPSA) is 90.8 Å². The molecule has 1 aliphatic heterocycles. The molecular weight excluding hydrogens is 317 g/mol. The Morgan fingerprint density at radius 1 is 1.33 bits per heavy atom. The maximum absolute atomic E-state index is 13.2. The van der Waals surface area contributed by atoms with Crippen LogP contribution in [0.25, 0.3) is 0 Å². The van der Waals surface area contributed by atoms with Crippen LogP contribution < -0.4 is 0 Å². The lowest BCUT2D eigenvalue weighted by Crippen LogP contribution is -2.43. The molecule has 7 nitrogen and oxygen atoms in total. The number of halogens is 1. The molecule has 0 spiro atoms. The van der Waals surface area contributed by atoms with Gasteiger partial charge in [-0.15, -0.1) is 0 Å². The number of carboxylic acids is 1. The molecule has 0 aliphatic carbocycles. The van der Waals surface area contributed by atoms with Crippen LogP contribution >= 0.6 is 0 Å². The first-order valence-corrected chi connectivity index (χ1v) is 7.77. The van der Waals surface area contributed by atoms with Crippen LogP contribution in [0.4, 0.5) is 4.39 Å². The summed E-state index contributed by atoms with van der Waals surface area (Å²) in [7, 11) is 0. The van der Waals surface area contributed by atoms with Crippen molar-refractivity contribution in [1.29, 1.82) is 0 Å². The normalized spacial score (nSPS) is 17.9. The van der Waals surface area contributed by atoms with Gasteiger partial charge in [-0.3, -0.25) is 19.4 Å². The first-order chi connectivity index (χ1) is 11.4. The van der Waals surface area contributed by atoms with Gasteiger partial charge in [-0.05, 0) is 25.3 Å². The summed E-state index contributed by atoms with van der Waals surface area (Å²) < 4.78 is 13.2. The molecule has 1 aromatic heterocycles. The number of aliphatic carboxylic acids is 1. The summed E-state index contributed by atoms with van der Waals surface area (Å²) in [4.78, 5) is 41.7. The lowest BCUT2D eigenvalue weighted by molar-refractivity contribution is -0.145. The highest BCUT2D eigenvalue weighted by atomic mass is 19.1. The maximum atomic E-state index is 13.2.